The van der Waals surface area contributed by atoms with E-state index < -0.39 is 11.7 Å². The molecule has 0 radical (unpaired) electrons. The van der Waals surface area contributed by atoms with E-state index in [1.165, 1.54) is 6.92 Å². The quantitative estimate of drug-likeness (QED) is 0.871. The molecule has 19 heavy (non-hydrogen) atoms. The highest BCUT2D eigenvalue weighted by Crippen LogP contribution is 2.19. The van der Waals surface area contributed by atoms with Crippen LogP contribution in [0.5, 0.6) is 0 Å². The highest BCUT2D eigenvalue weighted by atomic mass is 35.5. The Kier molecular flexibility index (Phi) is 3.97. The molecule has 1 N–H and O–H groups in total. The molecule has 0 bridgehead atoms. The number of ketones is 1. The van der Waals surface area contributed by atoms with E-state index in [4.69, 9.17) is 11.6 Å². The maximum absolute atomic E-state index is 11.3. The molecule has 0 aliphatic rings. The van der Waals surface area contributed by atoms with Gasteiger partial charge in [0.25, 0.3) is 5.91 Å². The Morgan fingerprint density at radius 3 is 2.63 bits per heavy atom. The fourth-order valence-corrected chi connectivity index (χ4v) is 1.73. The summed E-state index contributed by atoms with van der Waals surface area (Å²) in [5.74, 6) is -1.13. The normalized spacial score (nSPS) is 10.2. The van der Waals surface area contributed by atoms with Gasteiger partial charge in [-0.15, -0.1) is 0 Å². The standard InChI is InChI=1S/C13H12ClN3O2/c1-9(18)13(19)15-12-11(14)8-17(16-12)7-10-5-3-2-4-6-10/h2-6,8H,7H2,1H3,(H,15,16,19). The van der Waals surface area contributed by atoms with Gasteiger partial charge >= 0.3 is 0 Å². The van der Waals surface area contributed by atoms with Crippen LogP contribution >= 0.6 is 11.6 Å². The van der Waals surface area contributed by atoms with Crippen LogP contribution in [0, 0.1) is 0 Å². The second-order valence-corrected chi connectivity index (χ2v) is 4.43. The number of carbonyl (C=O) groups is 2. The molecule has 1 amide bonds. The van der Waals surface area contributed by atoms with Crippen molar-refractivity contribution in [2.24, 2.45) is 0 Å². The van der Waals surface area contributed by atoms with Crippen molar-refractivity contribution in [1.82, 2.24) is 9.78 Å². The number of Topliss-reactive ketones (excluding diaryl/α,β-unsaturated/α-hetero) is 1. The molecule has 0 aliphatic carbocycles. The number of benzene rings is 1. The van der Waals surface area contributed by atoms with Gasteiger partial charge in [0.2, 0.25) is 5.78 Å². The van der Waals surface area contributed by atoms with Crippen molar-refractivity contribution in [1.29, 1.82) is 0 Å². The molecule has 0 saturated heterocycles. The lowest BCUT2D eigenvalue weighted by Gasteiger charge is -2.01. The van der Waals surface area contributed by atoms with Crippen LogP contribution in [0.2, 0.25) is 5.02 Å². The van der Waals surface area contributed by atoms with Gasteiger partial charge in [-0.2, -0.15) is 5.10 Å². The Morgan fingerprint density at radius 2 is 2.00 bits per heavy atom. The molecular formula is C13H12ClN3O2. The van der Waals surface area contributed by atoms with E-state index in [2.05, 4.69) is 10.4 Å². The van der Waals surface area contributed by atoms with Gasteiger partial charge in [-0.25, -0.2) is 0 Å². The summed E-state index contributed by atoms with van der Waals surface area (Å²) in [4.78, 5) is 22.1. The Balaban J connectivity index is 2.13. The van der Waals surface area contributed by atoms with E-state index in [1.54, 1.807) is 10.9 Å². The molecule has 6 heteroatoms. The molecule has 1 aromatic heterocycles. The predicted molar refractivity (Wildman–Crippen MR) is 72.1 cm³/mol. The minimum Gasteiger partial charge on any atom is -0.301 e. The number of hydrogen-bond donors (Lipinski definition) is 1. The summed E-state index contributed by atoms with van der Waals surface area (Å²) in [7, 11) is 0. The van der Waals surface area contributed by atoms with Crippen LogP contribution in [0.3, 0.4) is 0 Å². The zero-order valence-electron chi connectivity index (χ0n) is 10.3. The number of rotatable bonds is 4. The van der Waals surface area contributed by atoms with Crippen molar-refractivity contribution in [2.45, 2.75) is 13.5 Å². The minimum absolute atomic E-state index is 0.192. The lowest BCUT2D eigenvalue weighted by Crippen LogP contribution is -2.20. The van der Waals surface area contributed by atoms with Crippen molar-refractivity contribution in [3.63, 3.8) is 0 Å². The lowest BCUT2D eigenvalue weighted by atomic mass is 10.2. The van der Waals surface area contributed by atoms with Gasteiger partial charge in [0.05, 0.1) is 6.54 Å². The number of carbonyl (C=O) groups excluding carboxylic acids is 2. The summed E-state index contributed by atoms with van der Waals surface area (Å²) in [6.07, 6.45) is 1.60. The van der Waals surface area contributed by atoms with Crippen LogP contribution in [0.4, 0.5) is 5.82 Å². The topological polar surface area (TPSA) is 64.0 Å². The van der Waals surface area contributed by atoms with Gasteiger partial charge in [-0.1, -0.05) is 41.9 Å². The molecule has 98 valence electrons. The summed E-state index contributed by atoms with van der Waals surface area (Å²) < 4.78 is 1.60. The maximum Gasteiger partial charge on any atom is 0.292 e. The zero-order chi connectivity index (χ0) is 13.8. The molecule has 2 rings (SSSR count). The van der Waals surface area contributed by atoms with Gasteiger partial charge < -0.3 is 5.32 Å². The van der Waals surface area contributed by atoms with Crippen LogP contribution in [0.1, 0.15) is 12.5 Å². The first-order valence-corrected chi connectivity index (χ1v) is 6.03. The van der Waals surface area contributed by atoms with Crippen LogP contribution in [-0.4, -0.2) is 21.5 Å². The van der Waals surface area contributed by atoms with Crippen molar-refractivity contribution in [3.8, 4) is 0 Å². The Hall–Kier alpha value is -2.14. The molecule has 0 spiro atoms. The number of amides is 1. The van der Waals surface area contributed by atoms with Gasteiger partial charge in [0, 0.05) is 13.1 Å². The van der Waals surface area contributed by atoms with E-state index in [9.17, 15) is 9.59 Å². The largest absolute Gasteiger partial charge is 0.301 e. The third-order valence-electron chi connectivity index (χ3n) is 2.46. The number of anilines is 1. The van der Waals surface area contributed by atoms with Crippen LogP contribution in [0.25, 0.3) is 0 Å². The minimum atomic E-state index is -0.730. The molecule has 0 atom stereocenters. The third kappa shape index (κ3) is 3.42. The van der Waals surface area contributed by atoms with E-state index in [0.717, 1.165) is 5.56 Å². The van der Waals surface area contributed by atoms with E-state index >= 15 is 0 Å². The number of aromatic nitrogens is 2. The first-order valence-electron chi connectivity index (χ1n) is 5.65. The van der Waals surface area contributed by atoms with Gasteiger partial charge in [0.15, 0.2) is 5.82 Å². The lowest BCUT2D eigenvalue weighted by molar-refractivity contribution is -0.133. The average molecular weight is 278 g/mol. The van der Waals surface area contributed by atoms with Gasteiger partial charge in [0.1, 0.15) is 5.02 Å². The van der Waals surface area contributed by atoms with Crippen LogP contribution in [0.15, 0.2) is 36.5 Å². The molecule has 0 fully saturated rings. The fraction of sp³-hybridized carbons (Fsp3) is 0.154. The molecular weight excluding hydrogens is 266 g/mol. The molecule has 2 aromatic rings. The molecule has 0 aliphatic heterocycles. The molecule has 0 unspecified atom stereocenters. The number of nitrogens with one attached hydrogen (secondary N) is 1. The van der Waals surface area contributed by atoms with Crippen molar-refractivity contribution < 1.29 is 9.59 Å². The Bertz CT molecular complexity index is 608. The summed E-state index contributed by atoms with van der Waals surface area (Å²) in [5.41, 5.74) is 1.06. The SMILES string of the molecule is CC(=O)C(=O)Nc1nn(Cc2ccccc2)cc1Cl. The Labute approximate surface area is 115 Å². The van der Waals surface area contributed by atoms with Crippen molar-refractivity contribution >= 4 is 29.1 Å². The fourth-order valence-electron chi connectivity index (χ4n) is 1.53. The van der Waals surface area contributed by atoms with Gasteiger partial charge in [-0.05, 0) is 5.56 Å². The maximum atomic E-state index is 11.3. The number of halogens is 1. The number of nitrogens with zero attached hydrogens (tertiary/aromatic N) is 2. The first kappa shape index (κ1) is 13.3. The molecule has 1 aromatic carbocycles. The summed E-state index contributed by atoms with van der Waals surface area (Å²) in [5, 5.41) is 6.79. The molecule has 5 nitrogen and oxygen atoms in total. The second-order valence-electron chi connectivity index (χ2n) is 4.02. The molecule has 1 heterocycles. The Morgan fingerprint density at radius 1 is 1.32 bits per heavy atom. The summed E-state index contributed by atoms with van der Waals surface area (Å²) in [6, 6.07) is 9.71. The van der Waals surface area contributed by atoms with Gasteiger partial charge in [-0.3, -0.25) is 14.3 Å². The smallest absolute Gasteiger partial charge is 0.292 e. The van der Waals surface area contributed by atoms with Crippen molar-refractivity contribution in [3.05, 3.63) is 47.1 Å². The predicted octanol–water partition coefficient (Wildman–Crippen LogP) is 2.11. The summed E-state index contributed by atoms with van der Waals surface area (Å²) >= 11 is 5.95. The second kappa shape index (κ2) is 5.67. The van der Waals surface area contributed by atoms with Crippen LogP contribution < -0.4 is 5.32 Å². The summed E-state index contributed by atoms with van der Waals surface area (Å²) in [6.45, 7) is 1.72. The van der Waals surface area contributed by atoms with Crippen molar-refractivity contribution in [2.75, 3.05) is 5.32 Å². The monoisotopic (exact) mass is 277 g/mol. The average Bonchev–Trinajstić information content (AvgIpc) is 2.70. The third-order valence-corrected chi connectivity index (χ3v) is 2.73. The first-order chi connectivity index (χ1) is 9.06. The number of hydrogen-bond acceptors (Lipinski definition) is 3. The highest BCUT2D eigenvalue weighted by Gasteiger charge is 2.13. The molecule has 0 saturated carbocycles. The van der Waals surface area contributed by atoms with E-state index in [-0.39, 0.29) is 5.82 Å². The zero-order valence-corrected chi connectivity index (χ0v) is 11.0. The van der Waals surface area contributed by atoms with Crippen LogP contribution in [-0.2, 0) is 16.1 Å². The van der Waals surface area contributed by atoms with E-state index in [1.807, 2.05) is 30.3 Å². The highest BCUT2D eigenvalue weighted by molar-refractivity contribution is 6.41. The van der Waals surface area contributed by atoms with E-state index in [0.29, 0.717) is 11.6 Å².